The maximum absolute atomic E-state index is 8.63. The Morgan fingerprint density at radius 1 is 1.42 bits per heavy atom. The zero-order chi connectivity index (χ0) is 8.97. The molecule has 3 heteroatoms. The van der Waals surface area contributed by atoms with Crippen LogP contribution in [0.4, 0.5) is 0 Å². The third kappa shape index (κ3) is 1.84. The largest absolute Gasteiger partial charge is 0.277 e. The first-order valence-corrected chi connectivity index (χ1v) is 3.78. The fraction of sp³-hybridized carbons (Fsp3) is 0.111. The minimum atomic E-state index is 0.423. The standard InChI is InChI=1S/C9H7ClN2/c1-12-9(6-11)7-2-4-8(10)5-3-7/h2-5H,1H3. The van der Waals surface area contributed by atoms with Gasteiger partial charge in [-0.15, -0.1) is 0 Å². The van der Waals surface area contributed by atoms with Gasteiger partial charge >= 0.3 is 0 Å². The SMILES string of the molecule is CN=C(C#N)c1ccc(Cl)cc1. The molecular weight excluding hydrogens is 172 g/mol. The van der Waals surface area contributed by atoms with Crippen molar-refractivity contribution in [3.05, 3.63) is 34.9 Å². The molecule has 0 aliphatic rings. The minimum absolute atomic E-state index is 0.423. The van der Waals surface area contributed by atoms with E-state index < -0.39 is 0 Å². The molecule has 0 bridgehead atoms. The number of aliphatic imine (C=N–C) groups is 1. The maximum Gasteiger partial charge on any atom is 0.142 e. The number of nitriles is 1. The molecule has 0 fully saturated rings. The van der Waals surface area contributed by atoms with E-state index in [0.717, 1.165) is 5.56 Å². The average molecular weight is 179 g/mol. The molecule has 0 saturated carbocycles. The number of rotatable bonds is 1. The monoisotopic (exact) mass is 178 g/mol. The second kappa shape index (κ2) is 3.89. The summed E-state index contributed by atoms with van der Waals surface area (Å²) in [5.74, 6) is 0. The summed E-state index contributed by atoms with van der Waals surface area (Å²) in [5.41, 5.74) is 1.22. The van der Waals surface area contributed by atoms with Crippen LogP contribution in [0.5, 0.6) is 0 Å². The fourth-order valence-electron chi connectivity index (χ4n) is 0.851. The van der Waals surface area contributed by atoms with E-state index in [-0.39, 0.29) is 0 Å². The Bertz CT molecular complexity index is 333. The highest BCUT2D eigenvalue weighted by Gasteiger charge is 1.99. The maximum atomic E-state index is 8.63. The summed E-state index contributed by atoms with van der Waals surface area (Å²) in [4.78, 5) is 3.82. The van der Waals surface area contributed by atoms with Crippen LogP contribution in [0, 0.1) is 11.3 Å². The van der Waals surface area contributed by atoms with Crippen LogP contribution in [0.2, 0.25) is 5.02 Å². The molecule has 0 aliphatic heterocycles. The van der Waals surface area contributed by atoms with Gasteiger partial charge in [0.05, 0.1) is 0 Å². The summed E-state index contributed by atoms with van der Waals surface area (Å²) in [6, 6.07) is 9.01. The molecule has 60 valence electrons. The smallest absolute Gasteiger partial charge is 0.142 e. The topological polar surface area (TPSA) is 36.1 Å². The van der Waals surface area contributed by atoms with E-state index in [4.69, 9.17) is 16.9 Å². The lowest BCUT2D eigenvalue weighted by Crippen LogP contribution is -1.95. The van der Waals surface area contributed by atoms with Crippen LogP contribution in [-0.4, -0.2) is 12.8 Å². The predicted octanol–water partition coefficient (Wildman–Crippen LogP) is 2.28. The van der Waals surface area contributed by atoms with Gasteiger partial charge in [0.1, 0.15) is 11.8 Å². The Morgan fingerprint density at radius 3 is 2.42 bits per heavy atom. The quantitative estimate of drug-likeness (QED) is 0.608. The van der Waals surface area contributed by atoms with Crippen molar-refractivity contribution in [3.63, 3.8) is 0 Å². The normalized spacial score (nSPS) is 10.9. The molecule has 0 aliphatic carbocycles. The lowest BCUT2D eigenvalue weighted by atomic mass is 10.1. The van der Waals surface area contributed by atoms with Crippen molar-refractivity contribution >= 4 is 17.3 Å². The van der Waals surface area contributed by atoms with E-state index in [2.05, 4.69) is 4.99 Å². The molecule has 1 aromatic rings. The molecule has 0 heterocycles. The molecule has 0 amide bonds. The zero-order valence-electron chi connectivity index (χ0n) is 6.58. The van der Waals surface area contributed by atoms with E-state index in [1.807, 2.05) is 6.07 Å². The number of hydrogen-bond donors (Lipinski definition) is 0. The summed E-state index contributed by atoms with van der Waals surface area (Å²) >= 11 is 5.68. The summed E-state index contributed by atoms with van der Waals surface area (Å²) in [6.45, 7) is 0. The van der Waals surface area contributed by atoms with Crippen LogP contribution in [0.3, 0.4) is 0 Å². The van der Waals surface area contributed by atoms with Crippen molar-refractivity contribution in [3.8, 4) is 6.07 Å². The Kier molecular flexibility index (Phi) is 2.84. The van der Waals surface area contributed by atoms with Gasteiger partial charge in [-0.25, -0.2) is 0 Å². The van der Waals surface area contributed by atoms with E-state index in [9.17, 15) is 0 Å². The van der Waals surface area contributed by atoms with Crippen LogP contribution < -0.4 is 0 Å². The zero-order valence-corrected chi connectivity index (χ0v) is 7.34. The molecule has 2 nitrogen and oxygen atoms in total. The van der Waals surface area contributed by atoms with Crippen molar-refractivity contribution < 1.29 is 0 Å². The lowest BCUT2D eigenvalue weighted by molar-refractivity contribution is 1.42. The van der Waals surface area contributed by atoms with E-state index >= 15 is 0 Å². The van der Waals surface area contributed by atoms with Gasteiger partial charge in [0.25, 0.3) is 0 Å². The Balaban J connectivity index is 3.06. The highest BCUT2D eigenvalue weighted by molar-refractivity contribution is 6.30. The van der Waals surface area contributed by atoms with Crippen LogP contribution in [0.25, 0.3) is 0 Å². The van der Waals surface area contributed by atoms with Gasteiger partial charge in [0.2, 0.25) is 0 Å². The predicted molar refractivity (Wildman–Crippen MR) is 49.5 cm³/mol. The molecule has 1 rings (SSSR count). The van der Waals surface area contributed by atoms with Gasteiger partial charge in [0, 0.05) is 17.6 Å². The highest BCUT2D eigenvalue weighted by Crippen LogP contribution is 2.09. The van der Waals surface area contributed by atoms with Crippen LogP contribution in [0.1, 0.15) is 5.56 Å². The summed E-state index contributed by atoms with van der Waals surface area (Å²) < 4.78 is 0. The van der Waals surface area contributed by atoms with Gasteiger partial charge in [0.15, 0.2) is 0 Å². The minimum Gasteiger partial charge on any atom is -0.277 e. The molecule has 1 aromatic carbocycles. The third-order valence-corrected chi connectivity index (χ3v) is 1.70. The molecule has 0 spiro atoms. The molecule has 0 atom stereocenters. The number of hydrogen-bond acceptors (Lipinski definition) is 2. The molecular formula is C9H7ClN2. The van der Waals surface area contributed by atoms with Crippen LogP contribution in [-0.2, 0) is 0 Å². The van der Waals surface area contributed by atoms with E-state index in [1.165, 1.54) is 0 Å². The van der Waals surface area contributed by atoms with Crippen molar-refractivity contribution in [2.24, 2.45) is 4.99 Å². The molecule has 0 unspecified atom stereocenters. The number of benzene rings is 1. The second-order valence-corrected chi connectivity index (χ2v) is 2.63. The van der Waals surface area contributed by atoms with Crippen LogP contribution >= 0.6 is 11.6 Å². The summed E-state index contributed by atoms with van der Waals surface area (Å²) in [5, 5.41) is 9.29. The number of halogens is 1. The van der Waals surface area contributed by atoms with Crippen molar-refractivity contribution in [2.75, 3.05) is 7.05 Å². The van der Waals surface area contributed by atoms with Gasteiger partial charge in [-0.05, 0) is 12.1 Å². The van der Waals surface area contributed by atoms with E-state index in [1.54, 1.807) is 31.3 Å². The fourth-order valence-corrected chi connectivity index (χ4v) is 0.977. The Morgan fingerprint density at radius 2 is 2.00 bits per heavy atom. The molecule has 12 heavy (non-hydrogen) atoms. The summed E-state index contributed by atoms with van der Waals surface area (Å²) in [6.07, 6.45) is 0. The first kappa shape index (κ1) is 8.76. The summed E-state index contributed by atoms with van der Waals surface area (Å²) in [7, 11) is 1.59. The van der Waals surface area contributed by atoms with Gasteiger partial charge in [-0.1, -0.05) is 23.7 Å². The Hall–Kier alpha value is -1.33. The van der Waals surface area contributed by atoms with Crippen molar-refractivity contribution in [1.29, 1.82) is 5.26 Å². The third-order valence-electron chi connectivity index (χ3n) is 1.45. The molecule has 0 aromatic heterocycles. The van der Waals surface area contributed by atoms with Crippen LogP contribution in [0.15, 0.2) is 29.3 Å². The first-order valence-electron chi connectivity index (χ1n) is 3.40. The van der Waals surface area contributed by atoms with Crippen molar-refractivity contribution in [2.45, 2.75) is 0 Å². The first-order chi connectivity index (χ1) is 5.77. The van der Waals surface area contributed by atoms with E-state index in [0.29, 0.717) is 10.7 Å². The molecule has 0 saturated heterocycles. The highest BCUT2D eigenvalue weighted by atomic mass is 35.5. The molecule has 0 N–H and O–H groups in total. The van der Waals surface area contributed by atoms with Crippen molar-refractivity contribution in [1.82, 2.24) is 0 Å². The average Bonchev–Trinajstić information content (AvgIpc) is 2.10. The Labute approximate surface area is 76.1 Å². The molecule has 0 radical (unpaired) electrons. The lowest BCUT2D eigenvalue weighted by Gasteiger charge is -1.95. The van der Waals surface area contributed by atoms with Gasteiger partial charge in [-0.3, -0.25) is 4.99 Å². The number of nitrogens with zero attached hydrogens (tertiary/aromatic N) is 2. The van der Waals surface area contributed by atoms with Gasteiger partial charge in [-0.2, -0.15) is 5.26 Å². The second-order valence-electron chi connectivity index (χ2n) is 2.19. The van der Waals surface area contributed by atoms with Gasteiger partial charge < -0.3 is 0 Å².